The van der Waals surface area contributed by atoms with Crippen LogP contribution in [0.25, 0.3) is 0 Å². The van der Waals surface area contributed by atoms with E-state index in [0.29, 0.717) is 0 Å². The SMILES string of the molecule is O=P([O-])([O-])[O-].[Li+].[Li+].[Li+].[Li+].[Li+].[Li+].[Li+].[O-][Si]([O-])([O-])[O-]. The Morgan fingerprint density at radius 3 is 0.588 bits per heavy atom. The van der Waals surface area contributed by atoms with E-state index < -0.39 is 16.9 Å². The van der Waals surface area contributed by atoms with E-state index in [1.807, 2.05) is 0 Å². The van der Waals surface area contributed by atoms with Crippen LogP contribution in [-0.4, -0.2) is 9.05 Å². The second kappa shape index (κ2) is 28.5. The minimum Gasteiger partial charge on any atom is -0.894 e. The van der Waals surface area contributed by atoms with E-state index in [1.165, 1.54) is 0 Å². The molecule has 0 aliphatic rings. The van der Waals surface area contributed by atoms with E-state index in [1.54, 1.807) is 0 Å². The summed E-state index contributed by atoms with van der Waals surface area (Å²) in [6.45, 7) is 0. The van der Waals surface area contributed by atoms with Gasteiger partial charge >= 0.3 is 132 Å². The maximum absolute atomic E-state index is 8.58. The quantitative estimate of drug-likeness (QED) is 0.293. The minimum absolute atomic E-state index is 0. The summed E-state index contributed by atoms with van der Waals surface area (Å²) >= 11 is 0. The molecule has 0 aromatic rings. The summed E-state index contributed by atoms with van der Waals surface area (Å²) in [5.41, 5.74) is 0. The zero-order chi connectivity index (χ0) is 9.00. The van der Waals surface area contributed by atoms with Crippen molar-refractivity contribution < 1.29 is 170 Å². The monoisotopic (exact) mass is 236 g/mol. The summed E-state index contributed by atoms with van der Waals surface area (Å²) < 4.78 is 8.55. The Labute approximate surface area is 184 Å². The van der Waals surface area contributed by atoms with Gasteiger partial charge in [0.2, 0.25) is 0 Å². The molecule has 0 heterocycles. The van der Waals surface area contributed by atoms with Crippen molar-refractivity contribution >= 4 is 16.9 Å². The summed E-state index contributed by atoms with van der Waals surface area (Å²) in [6.07, 6.45) is 0. The number of hydrogen-bond donors (Lipinski definition) is 0. The zero-order valence-electron chi connectivity index (χ0n) is 11.2. The molecule has 0 aromatic carbocycles. The Balaban J connectivity index is -0.00000000762. The van der Waals surface area contributed by atoms with Crippen molar-refractivity contribution in [2.75, 3.05) is 0 Å². The van der Waals surface area contributed by atoms with Crippen LogP contribution in [0.3, 0.4) is 0 Å². The fraction of sp³-hybridized carbons (Fsp3) is 0. The summed E-state index contributed by atoms with van der Waals surface area (Å²) in [6, 6.07) is 0. The van der Waals surface area contributed by atoms with Gasteiger partial charge in [-0.25, -0.2) is 0 Å². The third kappa shape index (κ3) is 362. The average Bonchev–Trinajstić information content (AvgIpc) is 1.12. The first-order chi connectivity index (χ1) is 4.00. The van der Waals surface area contributed by atoms with Gasteiger partial charge < -0.3 is 47.5 Å². The Hall–Kier alpha value is 4.35. The molecule has 17 heteroatoms. The maximum atomic E-state index is 8.58. The van der Waals surface area contributed by atoms with Crippen LogP contribution in [0, 0.1) is 0 Å². The number of hydrogen-bond acceptors (Lipinski definition) is 8. The molecule has 0 N–H and O–H groups in total. The molecule has 0 aliphatic heterocycles. The molecule has 0 rings (SSSR count). The van der Waals surface area contributed by atoms with Crippen LogP contribution in [0.15, 0.2) is 0 Å². The normalized spacial score (nSPS) is 7.00. The summed E-state index contributed by atoms with van der Waals surface area (Å²) in [4.78, 5) is 60.0. The van der Waals surface area contributed by atoms with Gasteiger partial charge in [-0.2, -0.15) is 7.82 Å². The zero-order valence-corrected chi connectivity index (χ0v) is 13.1. The van der Waals surface area contributed by atoms with E-state index in [2.05, 4.69) is 0 Å². The third-order valence-corrected chi connectivity index (χ3v) is 0. The predicted octanol–water partition coefficient (Wildman–Crippen LogP) is -28.9. The minimum atomic E-state index is -5.61. The van der Waals surface area contributed by atoms with Crippen molar-refractivity contribution in [2.45, 2.75) is 0 Å². The number of rotatable bonds is 0. The van der Waals surface area contributed by atoms with E-state index in [4.69, 9.17) is 38.4 Å². The van der Waals surface area contributed by atoms with Crippen molar-refractivity contribution in [3.8, 4) is 0 Å². The van der Waals surface area contributed by atoms with Gasteiger partial charge in [0.05, 0.1) is 0 Å². The second-order valence-electron chi connectivity index (χ2n) is 0.947. The van der Waals surface area contributed by atoms with Gasteiger partial charge in [0.15, 0.2) is 0 Å². The molecule has 0 amide bonds. The molecule has 0 aliphatic carbocycles. The van der Waals surface area contributed by atoms with Gasteiger partial charge in [0.1, 0.15) is 0 Å². The Morgan fingerprint density at radius 1 is 0.588 bits per heavy atom. The van der Waals surface area contributed by atoms with Crippen LogP contribution < -0.4 is 166 Å². The first kappa shape index (κ1) is 58.0. The van der Waals surface area contributed by atoms with Crippen LogP contribution >= 0.6 is 7.82 Å². The van der Waals surface area contributed by atoms with Crippen LogP contribution in [0.5, 0.6) is 0 Å². The summed E-state index contributed by atoms with van der Waals surface area (Å²) in [7, 11) is -11.0. The summed E-state index contributed by atoms with van der Waals surface area (Å²) in [5, 5.41) is 0. The van der Waals surface area contributed by atoms with Gasteiger partial charge in [0, 0.05) is 0 Å². The fourth-order valence-electron chi connectivity index (χ4n) is 0. The molecular formula is Li7O8PSi. The molecule has 8 nitrogen and oxygen atoms in total. The molecule has 64 valence electrons. The molecule has 0 aromatic heterocycles. The van der Waals surface area contributed by atoms with Crippen LogP contribution in [0.4, 0.5) is 0 Å². The van der Waals surface area contributed by atoms with E-state index in [0.717, 1.165) is 0 Å². The van der Waals surface area contributed by atoms with Crippen LogP contribution in [0.1, 0.15) is 0 Å². The second-order valence-corrected chi connectivity index (χ2v) is 2.84. The van der Waals surface area contributed by atoms with Gasteiger partial charge in [-0.1, -0.05) is 0 Å². The molecule has 0 saturated heterocycles. The third-order valence-electron chi connectivity index (χ3n) is 0. The van der Waals surface area contributed by atoms with Gasteiger partial charge in [-0.05, 0) is 0 Å². The molecule has 0 saturated carbocycles. The van der Waals surface area contributed by atoms with E-state index in [-0.39, 0.29) is 132 Å². The molecule has 0 fully saturated rings. The van der Waals surface area contributed by atoms with Gasteiger partial charge in [-0.3, -0.25) is 0 Å². The van der Waals surface area contributed by atoms with Gasteiger partial charge in [0.25, 0.3) is 0 Å². The molecule has 0 bridgehead atoms. The topological polar surface area (TPSA) is 178 Å². The van der Waals surface area contributed by atoms with Crippen molar-refractivity contribution in [2.24, 2.45) is 0 Å². The molecule has 0 radical (unpaired) electrons. The van der Waals surface area contributed by atoms with E-state index in [9.17, 15) is 0 Å². The van der Waals surface area contributed by atoms with Crippen LogP contribution in [0.2, 0.25) is 0 Å². The largest absolute Gasteiger partial charge is 1.00 e. The van der Waals surface area contributed by atoms with E-state index >= 15 is 0 Å². The first-order valence-electron chi connectivity index (χ1n) is 1.55. The van der Waals surface area contributed by atoms with Crippen molar-refractivity contribution in [1.29, 1.82) is 0 Å². The van der Waals surface area contributed by atoms with Crippen molar-refractivity contribution in [1.82, 2.24) is 0 Å². The molecular weight excluding hydrogens is 236 g/mol. The first-order valence-corrected chi connectivity index (χ1v) is 4.64. The molecule has 0 unspecified atom stereocenters. The van der Waals surface area contributed by atoms with Crippen molar-refractivity contribution in [3.63, 3.8) is 0 Å². The van der Waals surface area contributed by atoms with Crippen molar-refractivity contribution in [3.05, 3.63) is 0 Å². The maximum Gasteiger partial charge on any atom is 1.00 e. The average molecular weight is 236 g/mol. The van der Waals surface area contributed by atoms with Gasteiger partial charge in [-0.15, -0.1) is 0 Å². The van der Waals surface area contributed by atoms with Crippen LogP contribution in [-0.2, 0) is 4.57 Å². The Morgan fingerprint density at radius 2 is 0.588 bits per heavy atom. The molecule has 0 atom stereocenters. The smallest absolute Gasteiger partial charge is 0.894 e. The Kier molecular flexibility index (Phi) is 97.2. The Bertz CT molecular complexity index is 118. The molecule has 0 spiro atoms. The number of phosphoric acid groups is 1. The predicted molar refractivity (Wildman–Crippen MR) is 13.4 cm³/mol. The molecule has 17 heavy (non-hydrogen) atoms. The summed E-state index contributed by atoms with van der Waals surface area (Å²) in [5.74, 6) is 0. The standard InChI is InChI=1S/7Li.H3O4P.O4Si/c;;;;;;;2*1-5(2,3)4/h;;;;;;;(H3,1,2,3,4);/q7*+1;;-4/p-3. The fourth-order valence-corrected chi connectivity index (χ4v) is 0.